The van der Waals surface area contributed by atoms with Crippen molar-refractivity contribution in [3.05, 3.63) is 24.3 Å². The molecule has 0 aliphatic heterocycles. The number of aliphatic hydroxyl groups is 1. The van der Waals surface area contributed by atoms with Gasteiger partial charge >= 0.3 is 0 Å². The van der Waals surface area contributed by atoms with E-state index in [1.807, 2.05) is 0 Å². The zero-order valence-electron chi connectivity index (χ0n) is 32.3. The van der Waals surface area contributed by atoms with Crippen molar-refractivity contribution < 1.29 is 22.9 Å². The number of unbranched alkanes of at least 4 members (excludes halogenated alkanes) is 26. The number of amides is 1. The van der Waals surface area contributed by atoms with E-state index in [1.54, 1.807) is 0 Å². The first-order chi connectivity index (χ1) is 23.8. The molecule has 0 rings (SSSR count). The van der Waals surface area contributed by atoms with Crippen LogP contribution in [0, 0.1) is 0 Å². The van der Waals surface area contributed by atoms with Crippen LogP contribution < -0.4 is 5.32 Å². The van der Waals surface area contributed by atoms with Crippen LogP contribution in [-0.4, -0.2) is 41.9 Å². The highest BCUT2D eigenvalue weighted by Gasteiger charge is 2.26. The SMILES string of the molecule is CCCCCCC/C=C\C/C=C\CCCCCCCCCCCC(=O)NC(CS(=O)(=O)O)C(O)CCCCCCCCCCCCCCC. The van der Waals surface area contributed by atoms with Crippen molar-refractivity contribution in [3.63, 3.8) is 0 Å². The molecule has 0 fully saturated rings. The van der Waals surface area contributed by atoms with Gasteiger partial charge in [-0.2, -0.15) is 8.42 Å². The van der Waals surface area contributed by atoms with Gasteiger partial charge in [0.15, 0.2) is 0 Å². The van der Waals surface area contributed by atoms with Crippen LogP contribution >= 0.6 is 0 Å². The second-order valence-electron chi connectivity index (χ2n) is 14.6. The number of aliphatic hydroxyl groups excluding tert-OH is 1. The van der Waals surface area contributed by atoms with Gasteiger partial charge < -0.3 is 10.4 Å². The van der Waals surface area contributed by atoms with E-state index < -0.39 is 28.0 Å². The molecule has 0 aromatic heterocycles. The maximum atomic E-state index is 12.5. The Kier molecular flexibility index (Phi) is 35.7. The van der Waals surface area contributed by atoms with E-state index in [1.165, 1.54) is 148 Å². The lowest BCUT2D eigenvalue weighted by atomic mass is 10.0. The molecule has 0 bridgehead atoms. The molecule has 3 N–H and O–H groups in total. The van der Waals surface area contributed by atoms with Gasteiger partial charge in [0.1, 0.15) is 0 Å². The van der Waals surface area contributed by atoms with E-state index in [-0.39, 0.29) is 5.91 Å². The number of carbonyl (C=O) groups is 1. The standard InChI is InChI=1S/C42H81NO5S/c1-3-5-7-9-11-13-15-17-18-19-20-21-22-23-24-26-28-30-32-34-36-38-42(45)43-40(39-49(46,47)48)41(44)37-35-33-31-29-27-25-16-14-12-10-8-6-4-2/h15,17,19-20,40-41,44H,3-14,16,18,21-39H2,1-2H3,(H,43,45)(H,46,47,48)/b17-15-,20-19-. The van der Waals surface area contributed by atoms with Crippen LogP contribution in [0.4, 0.5) is 0 Å². The van der Waals surface area contributed by atoms with Crippen molar-refractivity contribution in [2.24, 2.45) is 0 Å². The summed E-state index contributed by atoms with van der Waals surface area (Å²) in [6, 6.07) is -0.970. The van der Waals surface area contributed by atoms with Crippen LogP contribution in [0.3, 0.4) is 0 Å². The first kappa shape index (κ1) is 47.8. The summed E-state index contributed by atoms with van der Waals surface area (Å²) < 4.78 is 32.5. The van der Waals surface area contributed by atoms with Crippen molar-refractivity contribution in [1.29, 1.82) is 0 Å². The predicted octanol–water partition coefficient (Wildman–Crippen LogP) is 12.4. The largest absolute Gasteiger partial charge is 0.391 e. The first-order valence-electron chi connectivity index (χ1n) is 21.0. The molecular formula is C42H81NO5S. The summed E-state index contributed by atoms with van der Waals surface area (Å²) in [5, 5.41) is 13.3. The highest BCUT2D eigenvalue weighted by atomic mass is 32.2. The Hall–Kier alpha value is -1.18. The molecular weight excluding hydrogens is 631 g/mol. The maximum absolute atomic E-state index is 12.5. The van der Waals surface area contributed by atoms with Gasteiger partial charge in [-0.1, -0.05) is 192 Å². The molecule has 2 unspecified atom stereocenters. The van der Waals surface area contributed by atoms with Crippen molar-refractivity contribution in [1.82, 2.24) is 5.32 Å². The molecule has 2 atom stereocenters. The molecule has 0 spiro atoms. The molecule has 0 saturated carbocycles. The predicted molar refractivity (Wildman–Crippen MR) is 212 cm³/mol. The Morgan fingerprint density at radius 1 is 0.551 bits per heavy atom. The van der Waals surface area contributed by atoms with Gasteiger partial charge in [-0.25, -0.2) is 0 Å². The second-order valence-corrected chi connectivity index (χ2v) is 16.1. The van der Waals surface area contributed by atoms with Crippen LogP contribution in [0.1, 0.15) is 219 Å². The minimum absolute atomic E-state index is 0.249. The quantitative estimate of drug-likeness (QED) is 0.0336. The molecule has 0 aliphatic rings. The molecule has 0 aromatic rings. The lowest BCUT2D eigenvalue weighted by molar-refractivity contribution is -0.122. The van der Waals surface area contributed by atoms with Crippen LogP contribution in [-0.2, 0) is 14.9 Å². The number of hydrogen-bond acceptors (Lipinski definition) is 4. The zero-order chi connectivity index (χ0) is 36.1. The van der Waals surface area contributed by atoms with Crippen LogP contribution in [0.2, 0.25) is 0 Å². The van der Waals surface area contributed by atoms with Crippen LogP contribution in [0.25, 0.3) is 0 Å². The van der Waals surface area contributed by atoms with Gasteiger partial charge in [-0.05, 0) is 44.9 Å². The van der Waals surface area contributed by atoms with Gasteiger partial charge in [-0.3, -0.25) is 9.35 Å². The number of carbonyl (C=O) groups excluding carboxylic acids is 1. The fourth-order valence-corrected chi connectivity index (χ4v) is 7.24. The third-order valence-electron chi connectivity index (χ3n) is 9.66. The van der Waals surface area contributed by atoms with Gasteiger partial charge in [0.2, 0.25) is 5.91 Å². The average molecular weight is 712 g/mol. The minimum Gasteiger partial charge on any atom is -0.391 e. The maximum Gasteiger partial charge on any atom is 0.266 e. The summed E-state index contributed by atoms with van der Waals surface area (Å²) in [5.41, 5.74) is 0. The molecule has 0 aromatic carbocycles. The van der Waals surface area contributed by atoms with Gasteiger partial charge in [0, 0.05) is 6.42 Å². The van der Waals surface area contributed by atoms with Crippen molar-refractivity contribution in [2.45, 2.75) is 231 Å². The summed E-state index contributed by atoms with van der Waals surface area (Å²) in [7, 11) is -4.31. The van der Waals surface area contributed by atoms with Gasteiger partial charge in [0.25, 0.3) is 10.1 Å². The number of nitrogens with one attached hydrogen (secondary N) is 1. The van der Waals surface area contributed by atoms with E-state index in [4.69, 9.17) is 0 Å². The average Bonchev–Trinajstić information content (AvgIpc) is 3.06. The van der Waals surface area contributed by atoms with Crippen molar-refractivity contribution in [2.75, 3.05) is 5.75 Å². The van der Waals surface area contributed by atoms with E-state index in [9.17, 15) is 22.9 Å². The Morgan fingerprint density at radius 2 is 0.918 bits per heavy atom. The topological polar surface area (TPSA) is 104 Å². The lowest BCUT2D eigenvalue weighted by Crippen LogP contribution is -2.47. The van der Waals surface area contributed by atoms with E-state index in [0.717, 1.165) is 44.9 Å². The molecule has 7 heteroatoms. The molecule has 0 saturated heterocycles. The third kappa shape index (κ3) is 37.9. The molecule has 0 aliphatic carbocycles. The van der Waals surface area contributed by atoms with E-state index in [0.29, 0.717) is 12.8 Å². The van der Waals surface area contributed by atoms with Crippen molar-refractivity contribution >= 4 is 16.0 Å². The van der Waals surface area contributed by atoms with Crippen molar-refractivity contribution in [3.8, 4) is 0 Å². The summed E-state index contributed by atoms with van der Waals surface area (Å²) in [6.45, 7) is 4.51. The molecule has 0 radical (unpaired) electrons. The van der Waals surface area contributed by atoms with Crippen LogP contribution in [0.5, 0.6) is 0 Å². The van der Waals surface area contributed by atoms with Gasteiger partial charge in [0.05, 0.1) is 17.9 Å². The fourth-order valence-electron chi connectivity index (χ4n) is 6.48. The fraction of sp³-hybridized carbons (Fsp3) is 0.881. The Bertz CT molecular complexity index is 872. The number of allylic oxidation sites excluding steroid dienone is 4. The van der Waals surface area contributed by atoms with E-state index >= 15 is 0 Å². The number of hydrogen-bond donors (Lipinski definition) is 3. The summed E-state index contributed by atoms with van der Waals surface area (Å²) in [5.74, 6) is -0.897. The Morgan fingerprint density at radius 3 is 1.33 bits per heavy atom. The highest BCUT2D eigenvalue weighted by Crippen LogP contribution is 2.16. The third-order valence-corrected chi connectivity index (χ3v) is 10.4. The monoisotopic (exact) mass is 712 g/mol. The molecule has 1 amide bonds. The Balaban J connectivity index is 3.83. The van der Waals surface area contributed by atoms with Crippen LogP contribution in [0.15, 0.2) is 24.3 Å². The normalized spacial score (nSPS) is 13.5. The highest BCUT2D eigenvalue weighted by molar-refractivity contribution is 7.85. The summed E-state index contributed by atoms with van der Waals surface area (Å²) in [6.07, 6.45) is 45.5. The summed E-state index contributed by atoms with van der Waals surface area (Å²) in [4.78, 5) is 12.5. The van der Waals surface area contributed by atoms with Gasteiger partial charge in [-0.15, -0.1) is 0 Å². The number of rotatable bonds is 38. The second kappa shape index (κ2) is 36.6. The summed E-state index contributed by atoms with van der Waals surface area (Å²) >= 11 is 0. The molecule has 0 heterocycles. The smallest absolute Gasteiger partial charge is 0.266 e. The molecule has 290 valence electrons. The zero-order valence-corrected chi connectivity index (χ0v) is 33.1. The lowest BCUT2D eigenvalue weighted by Gasteiger charge is -2.23. The molecule has 49 heavy (non-hydrogen) atoms. The Labute approximate surface area is 304 Å². The minimum atomic E-state index is -4.31. The first-order valence-corrected chi connectivity index (χ1v) is 22.6. The van der Waals surface area contributed by atoms with E-state index in [2.05, 4.69) is 43.5 Å². The molecule has 6 nitrogen and oxygen atoms in total.